The molecule has 1 aromatic heterocycles. The molecule has 4 atom stereocenters. The van der Waals surface area contributed by atoms with Gasteiger partial charge in [0, 0.05) is 30.7 Å². The molecule has 0 radical (unpaired) electrons. The Bertz CT molecular complexity index is 492. The van der Waals surface area contributed by atoms with Crippen LogP contribution in [0.1, 0.15) is 55.7 Å². The van der Waals surface area contributed by atoms with Gasteiger partial charge in [0.05, 0.1) is 12.5 Å². The molecule has 0 saturated carbocycles. The van der Waals surface area contributed by atoms with E-state index in [9.17, 15) is 0 Å². The van der Waals surface area contributed by atoms with Crippen LogP contribution in [0.2, 0.25) is 0 Å². The van der Waals surface area contributed by atoms with Gasteiger partial charge in [-0.2, -0.15) is 4.98 Å². The van der Waals surface area contributed by atoms with Crippen molar-refractivity contribution < 1.29 is 9.26 Å². The van der Waals surface area contributed by atoms with Crippen LogP contribution in [0.4, 0.5) is 0 Å². The topological polar surface area (TPSA) is 77.4 Å². The van der Waals surface area contributed by atoms with E-state index in [-0.39, 0.29) is 12.0 Å². The molecule has 1 aromatic rings. The summed E-state index contributed by atoms with van der Waals surface area (Å²) in [5.41, 5.74) is 6.16. The molecule has 4 unspecified atom stereocenters. The van der Waals surface area contributed by atoms with Crippen molar-refractivity contribution >= 4 is 0 Å². The Balaban J connectivity index is 1.50. The van der Waals surface area contributed by atoms with Gasteiger partial charge < -0.3 is 19.9 Å². The SMILES string of the molecule is CN1C2CCC1CC(c1noc(C3COCCC3N)n1)C2. The lowest BCUT2D eigenvalue weighted by Gasteiger charge is -2.34. The molecule has 0 aliphatic carbocycles. The van der Waals surface area contributed by atoms with Crippen LogP contribution in [0.3, 0.4) is 0 Å². The fourth-order valence-electron chi connectivity index (χ4n) is 4.19. The van der Waals surface area contributed by atoms with Crippen molar-refractivity contribution in [2.45, 2.75) is 62.1 Å². The zero-order chi connectivity index (χ0) is 14.4. The summed E-state index contributed by atoms with van der Waals surface area (Å²) in [5.74, 6) is 2.05. The Morgan fingerprint density at radius 3 is 2.67 bits per heavy atom. The highest BCUT2D eigenvalue weighted by molar-refractivity contribution is 5.08. The van der Waals surface area contributed by atoms with Gasteiger partial charge in [-0.15, -0.1) is 0 Å². The minimum Gasteiger partial charge on any atom is -0.381 e. The highest BCUT2D eigenvalue weighted by Gasteiger charge is 2.41. The molecular formula is C15H24N4O2. The normalized spacial score (nSPS) is 40.6. The van der Waals surface area contributed by atoms with Crippen LogP contribution in [0, 0.1) is 0 Å². The van der Waals surface area contributed by atoms with Crippen molar-refractivity contribution in [2.75, 3.05) is 20.3 Å². The summed E-state index contributed by atoms with van der Waals surface area (Å²) in [6.45, 7) is 1.33. The molecule has 6 heteroatoms. The molecule has 3 aliphatic rings. The van der Waals surface area contributed by atoms with Crippen LogP contribution in [-0.2, 0) is 4.74 Å². The van der Waals surface area contributed by atoms with E-state index in [0.29, 0.717) is 30.5 Å². The lowest BCUT2D eigenvalue weighted by Crippen LogP contribution is -2.39. The predicted molar refractivity (Wildman–Crippen MR) is 77.0 cm³/mol. The summed E-state index contributed by atoms with van der Waals surface area (Å²) in [6, 6.07) is 1.45. The smallest absolute Gasteiger partial charge is 0.233 e. The third-order valence-electron chi connectivity index (χ3n) is 5.65. The van der Waals surface area contributed by atoms with Gasteiger partial charge >= 0.3 is 0 Å². The van der Waals surface area contributed by atoms with Gasteiger partial charge in [0.25, 0.3) is 0 Å². The largest absolute Gasteiger partial charge is 0.381 e. The number of hydrogen-bond acceptors (Lipinski definition) is 6. The maximum absolute atomic E-state index is 6.16. The first-order valence-electron chi connectivity index (χ1n) is 8.11. The standard InChI is InChI=1S/C15H24N4O2/c1-19-10-2-3-11(19)7-9(6-10)14-17-15(21-18-14)12-8-20-5-4-13(12)16/h9-13H,2-8,16H2,1H3. The Kier molecular flexibility index (Phi) is 3.47. The van der Waals surface area contributed by atoms with Gasteiger partial charge in [0.15, 0.2) is 5.82 Å². The number of rotatable bonds is 2. The second-order valence-corrected chi connectivity index (χ2v) is 6.84. The van der Waals surface area contributed by atoms with E-state index in [1.807, 2.05) is 0 Å². The van der Waals surface area contributed by atoms with E-state index >= 15 is 0 Å². The van der Waals surface area contributed by atoms with Crippen molar-refractivity contribution in [1.29, 1.82) is 0 Å². The van der Waals surface area contributed by atoms with Crippen molar-refractivity contribution in [1.82, 2.24) is 15.0 Å². The van der Waals surface area contributed by atoms with E-state index in [2.05, 4.69) is 22.1 Å². The second kappa shape index (κ2) is 5.34. The molecule has 3 saturated heterocycles. The molecule has 0 aromatic carbocycles. The minimum absolute atomic E-state index is 0.0583. The van der Waals surface area contributed by atoms with E-state index in [1.54, 1.807) is 0 Å². The molecule has 6 nitrogen and oxygen atoms in total. The number of ether oxygens (including phenoxy) is 1. The van der Waals surface area contributed by atoms with Gasteiger partial charge in [-0.25, -0.2) is 0 Å². The molecule has 0 spiro atoms. The Morgan fingerprint density at radius 1 is 1.19 bits per heavy atom. The van der Waals surface area contributed by atoms with Crippen LogP contribution < -0.4 is 5.73 Å². The maximum atomic E-state index is 6.16. The van der Waals surface area contributed by atoms with Crippen molar-refractivity contribution in [2.24, 2.45) is 5.73 Å². The lowest BCUT2D eigenvalue weighted by atomic mass is 9.90. The number of nitrogens with two attached hydrogens (primary N) is 1. The van der Waals surface area contributed by atoms with Crippen molar-refractivity contribution in [3.63, 3.8) is 0 Å². The Hall–Kier alpha value is -0.980. The summed E-state index contributed by atoms with van der Waals surface area (Å²) >= 11 is 0. The van der Waals surface area contributed by atoms with Gasteiger partial charge in [-0.3, -0.25) is 0 Å². The van der Waals surface area contributed by atoms with E-state index in [1.165, 1.54) is 12.8 Å². The molecule has 0 amide bonds. The molecule has 4 heterocycles. The maximum Gasteiger partial charge on any atom is 0.233 e. The average Bonchev–Trinajstić information content (AvgIpc) is 3.02. The number of hydrogen-bond donors (Lipinski definition) is 1. The minimum atomic E-state index is 0.0583. The van der Waals surface area contributed by atoms with Gasteiger partial charge in [-0.05, 0) is 39.2 Å². The third-order valence-corrected chi connectivity index (χ3v) is 5.65. The van der Waals surface area contributed by atoms with Gasteiger partial charge in [-0.1, -0.05) is 5.16 Å². The van der Waals surface area contributed by atoms with Crippen LogP contribution >= 0.6 is 0 Å². The molecule has 21 heavy (non-hydrogen) atoms. The summed E-state index contributed by atoms with van der Waals surface area (Å²) in [6.07, 6.45) is 5.78. The quantitative estimate of drug-likeness (QED) is 0.883. The number of fused-ring (bicyclic) bond motifs is 2. The predicted octanol–water partition coefficient (Wildman–Crippen LogP) is 1.24. The van der Waals surface area contributed by atoms with Gasteiger partial charge in [0.1, 0.15) is 0 Å². The Morgan fingerprint density at radius 2 is 1.95 bits per heavy atom. The van der Waals surface area contributed by atoms with Crippen LogP contribution in [0.5, 0.6) is 0 Å². The van der Waals surface area contributed by atoms with E-state index in [4.69, 9.17) is 15.0 Å². The summed E-state index contributed by atoms with van der Waals surface area (Å²) in [4.78, 5) is 7.20. The van der Waals surface area contributed by atoms with Crippen LogP contribution in [-0.4, -0.2) is 53.4 Å². The molecule has 3 aliphatic heterocycles. The van der Waals surface area contributed by atoms with Crippen molar-refractivity contribution in [3.8, 4) is 0 Å². The summed E-state index contributed by atoms with van der Waals surface area (Å²) in [5, 5.41) is 4.26. The monoisotopic (exact) mass is 292 g/mol. The lowest BCUT2D eigenvalue weighted by molar-refractivity contribution is 0.0590. The van der Waals surface area contributed by atoms with Crippen LogP contribution in [0.15, 0.2) is 4.52 Å². The van der Waals surface area contributed by atoms with E-state index in [0.717, 1.165) is 31.7 Å². The van der Waals surface area contributed by atoms with E-state index < -0.39 is 0 Å². The summed E-state index contributed by atoms with van der Waals surface area (Å²) < 4.78 is 11.0. The highest BCUT2D eigenvalue weighted by atomic mass is 16.5. The Labute approximate surface area is 125 Å². The molecule has 4 rings (SSSR count). The fraction of sp³-hybridized carbons (Fsp3) is 0.867. The van der Waals surface area contributed by atoms with Crippen LogP contribution in [0.25, 0.3) is 0 Å². The molecule has 2 N–H and O–H groups in total. The zero-order valence-electron chi connectivity index (χ0n) is 12.6. The second-order valence-electron chi connectivity index (χ2n) is 6.84. The number of aromatic nitrogens is 2. The average molecular weight is 292 g/mol. The van der Waals surface area contributed by atoms with Gasteiger partial charge in [0.2, 0.25) is 5.89 Å². The first-order chi connectivity index (χ1) is 10.2. The number of nitrogens with zero attached hydrogens (tertiary/aromatic N) is 3. The fourth-order valence-corrected chi connectivity index (χ4v) is 4.19. The molecule has 3 fully saturated rings. The van der Waals surface area contributed by atoms with Crippen molar-refractivity contribution in [3.05, 3.63) is 11.7 Å². The molecule has 2 bridgehead atoms. The number of piperidine rings is 1. The molecular weight excluding hydrogens is 268 g/mol. The highest BCUT2D eigenvalue weighted by Crippen LogP contribution is 2.41. The first kappa shape index (κ1) is 13.7. The summed E-state index contributed by atoms with van der Waals surface area (Å²) in [7, 11) is 2.25. The molecule has 116 valence electrons. The third kappa shape index (κ3) is 2.39. The zero-order valence-corrected chi connectivity index (χ0v) is 12.6. The first-order valence-corrected chi connectivity index (χ1v) is 8.11.